The van der Waals surface area contributed by atoms with Crippen molar-refractivity contribution in [3.8, 4) is 0 Å². The Bertz CT molecular complexity index is 779. The zero-order valence-corrected chi connectivity index (χ0v) is 13.0. The van der Waals surface area contributed by atoms with Crippen molar-refractivity contribution in [3.63, 3.8) is 0 Å². The van der Waals surface area contributed by atoms with Gasteiger partial charge < -0.3 is 5.32 Å². The van der Waals surface area contributed by atoms with Gasteiger partial charge in [0.15, 0.2) is 0 Å². The fraction of sp³-hybridized carbons (Fsp3) is 0.158. The van der Waals surface area contributed by atoms with Gasteiger partial charge in [-0.3, -0.25) is 0 Å². The normalized spacial score (nSPS) is 12.3. The van der Waals surface area contributed by atoms with Gasteiger partial charge in [-0.1, -0.05) is 48.0 Å². The number of aryl methyl sites for hydroxylation is 1. The largest absolute Gasteiger partial charge is 0.378 e. The highest BCUT2D eigenvalue weighted by atomic mass is 35.5. The van der Waals surface area contributed by atoms with Crippen LogP contribution in [-0.2, 0) is 0 Å². The molecule has 21 heavy (non-hydrogen) atoms. The Kier molecular flexibility index (Phi) is 3.85. The first kappa shape index (κ1) is 14.0. The SMILES string of the molecule is Cc1cc(Cl)ccc1NC(C)c1ccc2ccccc2c1. The lowest BCUT2D eigenvalue weighted by molar-refractivity contribution is 0.885. The molecule has 3 aromatic rings. The summed E-state index contributed by atoms with van der Waals surface area (Å²) in [7, 11) is 0. The first-order valence-corrected chi connectivity index (χ1v) is 7.53. The number of hydrogen-bond acceptors (Lipinski definition) is 1. The summed E-state index contributed by atoms with van der Waals surface area (Å²) in [5, 5.41) is 6.88. The van der Waals surface area contributed by atoms with E-state index in [0.29, 0.717) is 0 Å². The fourth-order valence-corrected chi connectivity index (χ4v) is 2.81. The Balaban J connectivity index is 1.87. The first-order valence-electron chi connectivity index (χ1n) is 7.15. The smallest absolute Gasteiger partial charge is 0.0485 e. The van der Waals surface area contributed by atoms with Crippen molar-refractivity contribution in [2.75, 3.05) is 5.32 Å². The minimum absolute atomic E-state index is 0.245. The molecule has 0 saturated carbocycles. The summed E-state index contributed by atoms with van der Waals surface area (Å²) in [5.41, 5.74) is 3.57. The zero-order chi connectivity index (χ0) is 14.8. The molecule has 0 spiro atoms. The Hall–Kier alpha value is -1.99. The molecular weight excluding hydrogens is 278 g/mol. The maximum absolute atomic E-state index is 6.01. The average Bonchev–Trinajstić information content (AvgIpc) is 2.49. The van der Waals surface area contributed by atoms with Crippen molar-refractivity contribution in [3.05, 3.63) is 76.8 Å². The standard InChI is InChI=1S/C19H18ClN/c1-13-11-18(20)9-10-19(13)21-14(2)16-8-7-15-5-3-4-6-17(15)12-16/h3-12,14,21H,1-2H3. The highest BCUT2D eigenvalue weighted by molar-refractivity contribution is 6.30. The highest BCUT2D eigenvalue weighted by Gasteiger charge is 2.08. The Morgan fingerprint density at radius 1 is 0.905 bits per heavy atom. The minimum atomic E-state index is 0.245. The van der Waals surface area contributed by atoms with Crippen molar-refractivity contribution in [1.82, 2.24) is 0 Å². The molecule has 106 valence electrons. The molecule has 0 heterocycles. The number of anilines is 1. The lowest BCUT2D eigenvalue weighted by atomic mass is 10.0. The predicted octanol–water partition coefficient (Wildman–Crippen LogP) is 5.97. The molecule has 0 aliphatic rings. The summed E-state index contributed by atoms with van der Waals surface area (Å²) in [5.74, 6) is 0. The maximum atomic E-state index is 6.01. The number of fused-ring (bicyclic) bond motifs is 1. The molecule has 1 atom stereocenters. The second-order valence-corrected chi connectivity index (χ2v) is 5.87. The summed E-state index contributed by atoms with van der Waals surface area (Å²) >= 11 is 6.01. The third-order valence-electron chi connectivity index (χ3n) is 3.83. The second-order valence-electron chi connectivity index (χ2n) is 5.43. The molecule has 0 aliphatic carbocycles. The molecule has 2 heteroatoms. The van der Waals surface area contributed by atoms with E-state index >= 15 is 0 Å². The van der Waals surface area contributed by atoms with Crippen LogP contribution >= 0.6 is 11.6 Å². The topological polar surface area (TPSA) is 12.0 Å². The summed E-state index contributed by atoms with van der Waals surface area (Å²) in [6.07, 6.45) is 0. The van der Waals surface area contributed by atoms with Crippen molar-refractivity contribution >= 4 is 28.1 Å². The van der Waals surface area contributed by atoms with Gasteiger partial charge >= 0.3 is 0 Å². The van der Waals surface area contributed by atoms with Crippen LogP contribution < -0.4 is 5.32 Å². The number of rotatable bonds is 3. The van der Waals surface area contributed by atoms with E-state index < -0.39 is 0 Å². The third kappa shape index (κ3) is 3.03. The van der Waals surface area contributed by atoms with Gasteiger partial charge in [-0.15, -0.1) is 0 Å². The van der Waals surface area contributed by atoms with Crippen LogP contribution in [0.15, 0.2) is 60.7 Å². The lowest BCUT2D eigenvalue weighted by Gasteiger charge is -2.18. The van der Waals surface area contributed by atoms with E-state index in [9.17, 15) is 0 Å². The molecule has 0 aromatic heterocycles. The quantitative estimate of drug-likeness (QED) is 0.627. The monoisotopic (exact) mass is 295 g/mol. The second kappa shape index (κ2) is 5.79. The van der Waals surface area contributed by atoms with Gasteiger partial charge in [-0.25, -0.2) is 0 Å². The van der Waals surface area contributed by atoms with Gasteiger partial charge in [0.1, 0.15) is 0 Å². The average molecular weight is 296 g/mol. The molecule has 1 nitrogen and oxygen atoms in total. The van der Waals surface area contributed by atoms with Crippen LogP contribution in [0.1, 0.15) is 24.1 Å². The maximum Gasteiger partial charge on any atom is 0.0485 e. The van der Waals surface area contributed by atoms with Crippen LogP contribution in [0.5, 0.6) is 0 Å². The van der Waals surface area contributed by atoms with E-state index in [2.05, 4.69) is 61.6 Å². The Morgan fingerprint density at radius 2 is 1.67 bits per heavy atom. The highest BCUT2D eigenvalue weighted by Crippen LogP contribution is 2.26. The summed E-state index contributed by atoms with van der Waals surface area (Å²) in [4.78, 5) is 0. The summed E-state index contributed by atoms with van der Waals surface area (Å²) < 4.78 is 0. The van der Waals surface area contributed by atoms with Gasteiger partial charge in [0.25, 0.3) is 0 Å². The molecule has 0 radical (unpaired) electrons. The van der Waals surface area contributed by atoms with Crippen LogP contribution in [0.4, 0.5) is 5.69 Å². The number of nitrogens with one attached hydrogen (secondary N) is 1. The van der Waals surface area contributed by atoms with Crippen LogP contribution in [0.25, 0.3) is 10.8 Å². The molecule has 0 fully saturated rings. The molecule has 0 saturated heterocycles. The van der Waals surface area contributed by atoms with Crippen molar-refractivity contribution in [2.45, 2.75) is 19.9 Å². The van der Waals surface area contributed by atoms with Gasteiger partial charge in [0, 0.05) is 16.8 Å². The molecular formula is C19H18ClN. The first-order chi connectivity index (χ1) is 10.1. The van der Waals surface area contributed by atoms with Crippen molar-refractivity contribution < 1.29 is 0 Å². The van der Waals surface area contributed by atoms with Gasteiger partial charge in [-0.2, -0.15) is 0 Å². The van der Waals surface area contributed by atoms with E-state index in [-0.39, 0.29) is 6.04 Å². The molecule has 3 aromatic carbocycles. The fourth-order valence-electron chi connectivity index (χ4n) is 2.58. The number of benzene rings is 3. The molecule has 0 aliphatic heterocycles. The van der Waals surface area contributed by atoms with Crippen LogP contribution in [-0.4, -0.2) is 0 Å². The lowest BCUT2D eigenvalue weighted by Crippen LogP contribution is -2.07. The van der Waals surface area contributed by atoms with Gasteiger partial charge in [0.2, 0.25) is 0 Å². The van der Waals surface area contributed by atoms with Crippen LogP contribution in [0.2, 0.25) is 5.02 Å². The molecule has 3 rings (SSSR count). The molecule has 0 amide bonds. The van der Waals surface area contributed by atoms with Crippen molar-refractivity contribution in [2.24, 2.45) is 0 Å². The van der Waals surface area contributed by atoms with E-state index in [1.165, 1.54) is 16.3 Å². The van der Waals surface area contributed by atoms with E-state index in [0.717, 1.165) is 16.3 Å². The van der Waals surface area contributed by atoms with E-state index in [1.54, 1.807) is 0 Å². The van der Waals surface area contributed by atoms with Crippen LogP contribution in [0.3, 0.4) is 0 Å². The van der Waals surface area contributed by atoms with Gasteiger partial charge in [0.05, 0.1) is 0 Å². The van der Waals surface area contributed by atoms with Crippen LogP contribution in [0, 0.1) is 6.92 Å². The predicted molar refractivity (Wildman–Crippen MR) is 92.2 cm³/mol. The van der Waals surface area contributed by atoms with E-state index in [4.69, 9.17) is 11.6 Å². The Labute approximate surface area is 130 Å². The minimum Gasteiger partial charge on any atom is -0.378 e. The van der Waals surface area contributed by atoms with E-state index in [1.807, 2.05) is 18.2 Å². The molecule has 1 unspecified atom stereocenters. The zero-order valence-electron chi connectivity index (χ0n) is 12.2. The van der Waals surface area contributed by atoms with Gasteiger partial charge in [-0.05, 0) is 60.0 Å². The molecule has 1 N–H and O–H groups in total. The number of hydrogen-bond donors (Lipinski definition) is 1. The number of halogens is 1. The molecule has 0 bridgehead atoms. The third-order valence-corrected chi connectivity index (χ3v) is 4.07. The summed E-state index contributed by atoms with van der Waals surface area (Å²) in [6, 6.07) is 21.2. The summed E-state index contributed by atoms with van der Waals surface area (Å²) in [6.45, 7) is 4.25. The Morgan fingerprint density at radius 3 is 2.43 bits per heavy atom. The van der Waals surface area contributed by atoms with Crippen molar-refractivity contribution in [1.29, 1.82) is 0 Å².